The van der Waals surface area contributed by atoms with Crippen molar-refractivity contribution in [1.82, 2.24) is 5.32 Å². The zero-order chi connectivity index (χ0) is 13.4. The van der Waals surface area contributed by atoms with Crippen molar-refractivity contribution >= 4 is 21.7 Å². The Kier molecular flexibility index (Phi) is 6.75. The van der Waals surface area contributed by atoms with Crippen LogP contribution in [0.3, 0.4) is 0 Å². The van der Waals surface area contributed by atoms with Gasteiger partial charge in [-0.3, -0.25) is 4.79 Å². The van der Waals surface area contributed by atoms with E-state index in [1.54, 1.807) is 14.2 Å². The number of carbonyl (C=O) groups is 1. The number of rotatable bonds is 8. The number of hydrogen-bond acceptors (Lipinski definition) is 4. The molecule has 4 nitrogen and oxygen atoms in total. The first-order valence-electron chi connectivity index (χ1n) is 5.70. The number of Topliss-reactive ketones (excluding diaryl/α,β-unsaturated/α-hetero) is 1. The maximum absolute atomic E-state index is 11.1. The quantitative estimate of drug-likeness (QED) is 0.587. The normalized spacial score (nSPS) is 10.2. The highest BCUT2D eigenvalue weighted by Crippen LogP contribution is 2.27. The molecule has 0 saturated heterocycles. The van der Waals surface area contributed by atoms with Gasteiger partial charge in [-0.25, -0.2) is 0 Å². The van der Waals surface area contributed by atoms with E-state index in [0.29, 0.717) is 11.9 Å². The van der Waals surface area contributed by atoms with Gasteiger partial charge in [0.2, 0.25) is 0 Å². The zero-order valence-corrected chi connectivity index (χ0v) is 12.2. The highest BCUT2D eigenvalue weighted by atomic mass is 79.9. The molecular weight excluding hydrogens is 298 g/mol. The Bertz CT molecular complexity index is 396. The molecule has 1 aromatic rings. The van der Waals surface area contributed by atoms with Crippen LogP contribution in [0.5, 0.6) is 11.5 Å². The third-order valence-electron chi connectivity index (χ3n) is 2.51. The Balaban J connectivity index is 2.45. The maximum atomic E-state index is 11.1. The maximum Gasteiger partial charge on any atom is 0.160 e. The lowest BCUT2D eigenvalue weighted by molar-refractivity contribution is -0.115. The summed E-state index contributed by atoms with van der Waals surface area (Å²) in [6, 6.07) is 5.83. The van der Waals surface area contributed by atoms with Gasteiger partial charge in [-0.15, -0.1) is 0 Å². The first-order valence-corrected chi connectivity index (χ1v) is 6.82. The number of carbonyl (C=O) groups excluding carboxylic acids is 1. The molecule has 0 aromatic heterocycles. The predicted octanol–water partition coefficient (Wildman–Crippen LogP) is 1.80. The van der Waals surface area contributed by atoms with E-state index in [2.05, 4.69) is 21.2 Å². The summed E-state index contributed by atoms with van der Waals surface area (Å²) in [4.78, 5) is 11.1. The van der Waals surface area contributed by atoms with Crippen LogP contribution in [-0.4, -0.2) is 38.4 Å². The van der Waals surface area contributed by atoms with Crippen LogP contribution >= 0.6 is 15.9 Å². The van der Waals surface area contributed by atoms with Crippen LogP contribution in [0.4, 0.5) is 0 Å². The van der Waals surface area contributed by atoms with E-state index in [4.69, 9.17) is 9.47 Å². The van der Waals surface area contributed by atoms with Crippen molar-refractivity contribution in [3.63, 3.8) is 0 Å². The largest absolute Gasteiger partial charge is 0.493 e. The molecule has 0 unspecified atom stereocenters. The highest BCUT2D eigenvalue weighted by molar-refractivity contribution is 9.09. The smallest absolute Gasteiger partial charge is 0.160 e. The lowest BCUT2D eigenvalue weighted by Crippen LogP contribution is -2.25. The molecule has 0 bridgehead atoms. The second-order valence-corrected chi connectivity index (χ2v) is 4.35. The SMILES string of the molecule is COc1ccc(CCNCC(=O)CBr)cc1OC. The Labute approximate surface area is 116 Å². The van der Waals surface area contributed by atoms with Gasteiger partial charge in [0.25, 0.3) is 0 Å². The van der Waals surface area contributed by atoms with E-state index in [1.807, 2.05) is 18.2 Å². The van der Waals surface area contributed by atoms with Crippen molar-refractivity contribution in [2.24, 2.45) is 0 Å². The Hall–Kier alpha value is -1.07. The van der Waals surface area contributed by atoms with Crippen molar-refractivity contribution in [3.8, 4) is 11.5 Å². The molecule has 0 amide bonds. The van der Waals surface area contributed by atoms with Gasteiger partial charge in [0, 0.05) is 0 Å². The fraction of sp³-hybridized carbons (Fsp3) is 0.462. The van der Waals surface area contributed by atoms with Crippen molar-refractivity contribution in [1.29, 1.82) is 0 Å². The molecule has 0 fully saturated rings. The van der Waals surface area contributed by atoms with Gasteiger partial charge in [0.15, 0.2) is 17.3 Å². The van der Waals surface area contributed by atoms with E-state index >= 15 is 0 Å². The summed E-state index contributed by atoms with van der Waals surface area (Å²) in [6.07, 6.45) is 0.843. The molecule has 100 valence electrons. The van der Waals surface area contributed by atoms with Crippen LogP contribution in [-0.2, 0) is 11.2 Å². The van der Waals surface area contributed by atoms with E-state index in [9.17, 15) is 4.79 Å². The number of ether oxygens (including phenoxy) is 2. The van der Waals surface area contributed by atoms with Gasteiger partial charge in [-0.05, 0) is 30.7 Å². The summed E-state index contributed by atoms with van der Waals surface area (Å²) >= 11 is 3.13. The van der Waals surface area contributed by atoms with Crippen molar-refractivity contribution in [2.75, 3.05) is 32.6 Å². The molecule has 0 aliphatic heterocycles. The molecule has 0 aliphatic rings. The lowest BCUT2D eigenvalue weighted by Gasteiger charge is -2.09. The molecule has 18 heavy (non-hydrogen) atoms. The molecule has 0 atom stereocenters. The summed E-state index contributed by atoms with van der Waals surface area (Å²) in [5, 5.41) is 3.50. The average Bonchev–Trinajstić information content (AvgIpc) is 2.42. The first kappa shape index (κ1) is 15.0. The number of methoxy groups -OCH3 is 2. The standard InChI is InChI=1S/C13H18BrNO3/c1-17-12-4-3-10(7-13(12)18-2)5-6-15-9-11(16)8-14/h3-4,7,15H,5-6,8-9H2,1-2H3. The van der Waals surface area contributed by atoms with Crippen LogP contribution in [0.25, 0.3) is 0 Å². The second-order valence-electron chi connectivity index (χ2n) is 3.79. The summed E-state index contributed by atoms with van der Waals surface area (Å²) in [7, 11) is 3.24. The van der Waals surface area contributed by atoms with Crippen LogP contribution in [0.15, 0.2) is 18.2 Å². The monoisotopic (exact) mass is 315 g/mol. The van der Waals surface area contributed by atoms with E-state index in [1.165, 1.54) is 0 Å². The van der Waals surface area contributed by atoms with Gasteiger partial charge < -0.3 is 14.8 Å². The Morgan fingerprint density at radius 1 is 1.28 bits per heavy atom. The van der Waals surface area contributed by atoms with Crippen molar-refractivity contribution in [2.45, 2.75) is 6.42 Å². The van der Waals surface area contributed by atoms with Gasteiger partial charge in [0.05, 0.1) is 26.1 Å². The van der Waals surface area contributed by atoms with Crippen LogP contribution < -0.4 is 14.8 Å². The number of halogens is 1. The van der Waals surface area contributed by atoms with Crippen LogP contribution in [0, 0.1) is 0 Å². The number of hydrogen-bond donors (Lipinski definition) is 1. The van der Waals surface area contributed by atoms with Crippen molar-refractivity contribution in [3.05, 3.63) is 23.8 Å². The molecule has 0 radical (unpaired) electrons. The topological polar surface area (TPSA) is 47.6 Å². The van der Waals surface area contributed by atoms with E-state index in [-0.39, 0.29) is 5.78 Å². The van der Waals surface area contributed by atoms with Crippen LogP contribution in [0.2, 0.25) is 0 Å². The third kappa shape index (κ3) is 4.66. The predicted molar refractivity (Wildman–Crippen MR) is 74.9 cm³/mol. The van der Waals surface area contributed by atoms with Gasteiger partial charge in [-0.1, -0.05) is 22.0 Å². The molecule has 5 heteroatoms. The third-order valence-corrected chi connectivity index (χ3v) is 3.14. The van der Waals surface area contributed by atoms with Gasteiger partial charge in [-0.2, -0.15) is 0 Å². The molecule has 1 rings (SSSR count). The molecule has 0 saturated carbocycles. The molecule has 0 heterocycles. The van der Waals surface area contributed by atoms with Crippen LogP contribution in [0.1, 0.15) is 5.56 Å². The summed E-state index contributed by atoms with van der Waals surface area (Å²) < 4.78 is 10.4. The second kappa shape index (κ2) is 8.11. The average molecular weight is 316 g/mol. The summed E-state index contributed by atoms with van der Waals surface area (Å²) in [5.41, 5.74) is 1.14. The van der Waals surface area contributed by atoms with E-state index < -0.39 is 0 Å². The first-order chi connectivity index (χ1) is 8.71. The number of alkyl halides is 1. The van der Waals surface area contributed by atoms with E-state index in [0.717, 1.165) is 30.0 Å². The van der Waals surface area contributed by atoms with Gasteiger partial charge >= 0.3 is 0 Å². The fourth-order valence-electron chi connectivity index (χ4n) is 1.54. The minimum absolute atomic E-state index is 0.155. The lowest BCUT2D eigenvalue weighted by atomic mass is 10.1. The minimum atomic E-state index is 0.155. The molecule has 0 aliphatic carbocycles. The van der Waals surface area contributed by atoms with Gasteiger partial charge in [0.1, 0.15) is 0 Å². The Morgan fingerprint density at radius 3 is 2.61 bits per heavy atom. The number of nitrogens with one attached hydrogen (secondary N) is 1. The molecule has 1 N–H and O–H groups in total. The number of ketones is 1. The molecular formula is C13H18BrNO3. The molecule has 0 spiro atoms. The number of benzene rings is 1. The fourth-order valence-corrected chi connectivity index (χ4v) is 1.74. The molecule has 1 aromatic carbocycles. The highest BCUT2D eigenvalue weighted by Gasteiger charge is 2.04. The minimum Gasteiger partial charge on any atom is -0.493 e. The summed E-state index contributed by atoms with van der Waals surface area (Å²) in [5.74, 6) is 1.61. The summed E-state index contributed by atoms with van der Waals surface area (Å²) in [6.45, 7) is 1.16. The van der Waals surface area contributed by atoms with Crippen molar-refractivity contribution < 1.29 is 14.3 Å². The zero-order valence-electron chi connectivity index (χ0n) is 10.7. The Morgan fingerprint density at radius 2 is 2.00 bits per heavy atom.